The molecule has 2 aromatic heterocycles. The predicted molar refractivity (Wildman–Crippen MR) is 82.0 cm³/mol. The van der Waals surface area contributed by atoms with Gasteiger partial charge < -0.3 is 14.7 Å². The first-order chi connectivity index (χ1) is 10.2. The number of carbonyl (C=O) groups is 1. The van der Waals surface area contributed by atoms with Gasteiger partial charge in [-0.25, -0.2) is 9.78 Å². The Kier molecular flexibility index (Phi) is 3.94. The normalized spacial score (nSPS) is 19.7. The Bertz CT molecular complexity index is 676. The highest BCUT2D eigenvalue weighted by Gasteiger charge is 2.24. The topological polar surface area (TPSA) is 67.1 Å². The number of anilines is 1. The van der Waals surface area contributed by atoms with Gasteiger partial charge in [-0.1, -0.05) is 0 Å². The fourth-order valence-electron chi connectivity index (χ4n) is 2.65. The molecule has 1 saturated heterocycles. The molecule has 0 aromatic carbocycles. The zero-order valence-corrected chi connectivity index (χ0v) is 12.5. The Labute approximate surface area is 126 Å². The van der Waals surface area contributed by atoms with E-state index < -0.39 is 5.97 Å². The van der Waals surface area contributed by atoms with Crippen molar-refractivity contribution in [3.63, 3.8) is 0 Å². The van der Waals surface area contributed by atoms with Crippen LogP contribution >= 0.6 is 11.3 Å². The number of carboxylic acids is 1. The van der Waals surface area contributed by atoms with E-state index in [1.807, 2.05) is 16.0 Å². The molecule has 3 heterocycles. The van der Waals surface area contributed by atoms with E-state index in [0.29, 0.717) is 0 Å². The average Bonchev–Trinajstić information content (AvgIpc) is 3.06. The van der Waals surface area contributed by atoms with Gasteiger partial charge >= 0.3 is 5.97 Å². The molecule has 1 fully saturated rings. The summed E-state index contributed by atoms with van der Waals surface area (Å²) in [6, 6.07) is 0. The molecule has 2 aromatic rings. The molecule has 3 rings (SSSR count). The van der Waals surface area contributed by atoms with Gasteiger partial charge in [-0.05, 0) is 18.9 Å². The lowest BCUT2D eigenvalue weighted by atomic mass is 10.1. The zero-order chi connectivity index (χ0) is 14.8. The standard InChI is InChI=1S/C14H17N3O3S/c1-20-10-3-2-6-16(9-10)13-11(4-5-12(18)19)17-7-8-21-14(17)15-13/h4-5,7-8,10H,2-3,6,9H2,1H3,(H,18,19)/b5-4+. The number of methoxy groups -OCH3 is 1. The van der Waals surface area contributed by atoms with Crippen LogP contribution < -0.4 is 4.90 Å². The van der Waals surface area contributed by atoms with Gasteiger partial charge in [0.05, 0.1) is 11.8 Å². The average molecular weight is 307 g/mol. The number of fused-ring (bicyclic) bond motifs is 1. The van der Waals surface area contributed by atoms with Crippen molar-refractivity contribution in [1.82, 2.24) is 9.38 Å². The van der Waals surface area contributed by atoms with E-state index in [9.17, 15) is 4.79 Å². The molecule has 0 saturated carbocycles. The number of hydrogen-bond donors (Lipinski definition) is 1. The smallest absolute Gasteiger partial charge is 0.328 e. The minimum atomic E-state index is -0.959. The lowest BCUT2D eigenvalue weighted by Gasteiger charge is -2.32. The first-order valence-corrected chi connectivity index (χ1v) is 7.71. The Morgan fingerprint density at radius 2 is 2.48 bits per heavy atom. The van der Waals surface area contributed by atoms with Crippen molar-refractivity contribution in [2.75, 3.05) is 25.1 Å². The molecule has 0 bridgehead atoms. The summed E-state index contributed by atoms with van der Waals surface area (Å²) in [7, 11) is 1.73. The van der Waals surface area contributed by atoms with Crippen LogP contribution in [0.3, 0.4) is 0 Å². The van der Waals surface area contributed by atoms with Crippen LogP contribution in [0.1, 0.15) is 18.5 Å². The second kappa shape index (κ2) is 5.87. The molecule has 1 aliphatic heterocycles. The molecule has 21 heavy (non-hydrogen) atoms. The second-order valence-corrected chi connectivity index (χ2v) is 5.87. The van der Waals surface area contributed by atoms with Gasteiger partial charge in [0, 0.05) is 37.9 Å². The largest absolute Gasteiger partial charge is 0.478 e. The highest BCUT2D eigenvalue weighted by Crippen LogP contribution is 2.28. The highest BCUT2D eigenvalue weighted by atomic mass is 32.1. The summed E-state index contributed by atoms with van der Waals surface area (Å²) in [6.45, 7) is 1.70. The van der Waals surface area contributed by atoms with Gasteiger partial charge in [-0.3, -0.25) is 4.40 Å². The number of aliphatic carboxylic acids is 1. The minimum Gasteiger partial charge on any atom is -0.478 e. The number of rotatable bonds is 4. The third kappa shape index (κ3) is 2.79. The van der Waals surface area contributed by atoms with Crippen molar-refractivity contribution in [2.24, 2.45) is 0 Å². The summed E-state index contributed by atoms with van der Waals surface area (Å²) in [5, 5.41) is 10.8. The van der Waals surface area contributed by atoms with E-state index in [2.05, 4.69) is 9.88 Å². The van der Waals surface area contributed by atoms with E-state index in [-0.39, 0.29) is 6.10 Å². The molecule has 0 aliphatic carbocycles. The van der Waals surface area contributed by atoms with Gasteiger partial charge in [-0.15, -0.1) is 11.3 Å². The summed E-state index contributed by atoms with van der Waals surface area (Å²) in [4.78, 5) is 18.5. The highest BCUT2D eigenvalue weighted by molar-refractivity contribution is 7.15. The lowest BCUT2D eigenvalue weighted by molar-refractivity contribution is -0.131. The first kappa shape index (κ1) is 14.1. The van der Waals surface area contributed by atoms with Gasteiger partial charge in [0.2, 0.25) is 0 Å². The molecule has 1 atom stereocenters. The van der Waals surface area contributed by atoms with Crippen molar-refractivity contribution >= 4 is 34.2 Å². The zero-order valence-electron chi connectivity index (χ0n) is 11.7. The molecule has 1 aliphatic rings. The number of ether oxygens (including phenoxy) is 1. The number of aromatic nitrogens is 2. The van der Waals surface area contributed by atoms with Crippen LogP contribution in [0.15, 0.2) is 17.7 Å². The SMILES string of the molecule is COC1CCCN(c2nc3sccn3c2/C=C/C(=O)O)C1. The summed E-state index contributed by atoms with van der Waals surface area (Å²) in [5.41, 5.74) is 0.811. The third-order valence-electron chi connectivity index (χ3n) is 3.67. The third-order valence-corrected chi connectivity index (χ3v) is 4.43. The van der Waals surface area contributed by atoms with Gasteiger partial charge in [-0.2, -0.15) is 0 Å². The van der Waals surface area contributed by atoms with Crippen LogP contribution in [0.2, 0.25) is 0 Å². The first-order valence-electron chi connectivity index (χ1n) is 6.83. The number of imidazole rings is 1. The molecule has 0 spiro atoms. The van der Waals surface area contributed by atoms with Gasteiger partial charge in [0.15, 0.2) is 10.8 Å². The summed E-state index contributed by atoms with van der Waals surface area (Å²) in [5.74, 6) is -0.124. The maximum absolute atomic E-state index is 10.8. The molecule has 6 nitrogen and oxygen atoms in total. The second-order valence-electron chi connectivity index (χ2n) is 4.99. The molecule has 0 radical (unpaired) electrons. The monoisotopic (exact) mass is 307 g/mol. The van der Waals surface area contributed by atoms with E-state index >= 15 is 0 Å². The number of hydrogen-bond acceptors (Lipinski definition) is 5. The van der Waals surface area contributed by atoms with Crippen molar-refractivity contribution in [2.45, 2.75) is 18.9 Å². The molecule has 1 unspecified atom stereocenters. The molecule has 112 valence electrons. The van der Waals surface area contributed by atoms with E-state index in [1.165, 1.54) is 11.3 Å². The van der Waals surface area contributed by atoms with Gasteiger partial charge in [0.25, 0.3) is 0 Å². The maximum atomic E-state index is 10.8. The Balaban J connectivity index is 1.98. The van der Waals surface area contributed by atoms with Crippen molar-refractivity contribution < 1.29 is 14.6 Å². The Morgan fingerprint density at radius 1 is 1.62 bits per heavy atom. The van der Waals surface area contributed by atoms with Crippen molar-refractivity contribution in [3.05, 3.63) is 23.3 Å². The lowest BCUT2D eigenvalue weighted by Crippen LogP contribution is -2.39. The molecular weight excluding hydrogens is 290 g/mol. The fourth-order valence-corrected chi connectivity index (χ4v) is 3.37. The van der Waals surface area contributed by atoms with E-state index in [0.717, 1.165) is 48.5 Å². The molecule has 0 amide bonds. The number of nitrogens with zero attached hydrogens (tertiary/aromatic N) is 3. The Hall–Kier alpha value is -1.86. The summed E-state index contributed by atoms with van der Waals surface area (Å²) < 4.78 is 7.38. The van der Waals surface area contributed by atoms with E-state index in [1.54, 1.807) is 13.2 Å². The number of thiazole rings is 1. The van der Waals surface area contributed by atoms with E-state index in [4.69, 9.17) is 9.84 Å². The van der Waals surface area contributed by atoms with Crippen molar-refractivity contribution in [1.29, 1.82) is 0 Å². The molecule has 7 heteroatoms. The fraction of sp³-hybridized carbons (Fsp3) is 0.429. The van der Waals surface area contributed by atoms with Gasteiger partial charge in [0.1, 0.15) is 0 Å². The molecular formula is C14H17N3O3S. The molecule has 1 N–H and O–H groups in total. The Morgan fingerprint density at radius 3 is 3.24 bits per heavy atom. The summed E-state index contributed by atoms with van der Waals surface area (Å²) >= 11 is 1.54. The van der Waals surface area contributed by atoms with Crippen LogP contribution in [0.5, 0.6) is 0 Å². The maximum Gasteiger partial charge on any atom is 0.328 e. The number of piperidine rings is 1. The summed E-state index contributed by atoms with van der Waals surface area (Å²) in [6.07, 6.45) is 6.98. The van der Waals surface area contributed by atoms with Crippen LogP contribution in [0.25, 0.3) is 11.0 Å². The predicted octanol–water partition coefficient (Wildman–Crippen LogP) is 2.11. The quantitative estimate of drug-likeness (QED) is 0.876. The van der Waals surface area contributed by atoms with Crippen molar-refractivity contribution in [3.8, 4) is 0 Å². The van der Waals surface area contributed by atoms with Crippen LogP contribution in [-0.2, 0) is 9.53 Å². The minimum absolute atomic E-state index is 0.204. The van der Waals surface area contributed by atoms with Crippen LogP contribution in [0, 0.1) is 0 Å². The van der Waals surface area contributed by atoms with Crippen LogP contribution in [0.4, 0.5) is 5.82 Å². The van der Waals surface area contributed by atoms with Crippen LogP contribution in [-0.4, -0.2) is 46.8 Å². The number of carboxylic acid groups (broad SMARTS) is 1.